The number of hydrogen-bond donors (Lipinski definition) is 2. The first kappa shape index (κ1) is 16.0. The minimum atomic E-state index is -0.201. The van der Waals surface area contributed by atoms with Crippen molar-refractivity contribution >= 4 is 5.91 Å². The summed E-state index contributed by atoms with van der Waals surface area (Å²) in [6.07, 6.45) is 5.01. The molecule has 0 heterocycles. The third kappa shape index (κ3) is 3.65. The number of hydrogen-bond acceptors (Lipinski definition) is 2. The van der Waals surface area contributed by atoms with Crippen LogP contribution in [0, 0.1) is 19.8 Å². The molecule has 2 unspecified atom stereocenters. The highest BCUT2D eigenvalue weighted by Crippen LogP contribution is 2.33. The molecule has 3 heteroatoms. The Labute approximate surface area is 128 Å². The lowest BCUT2D eigenvalue weighted by Crippen LogP contribution is -2.59. The molecule has 0 bridgehead atoms. The number of amides is 1. The van der Waals surface area contributed by atoms with Crippen LogP contribution in [0.15, 0.2) is 18.2 Å². The number of nitrogens with one attached hydrogen (secondary N) is 1. The highest BCUT2D eigenvalue weighted by atomic mass is 16.1. The average Bonchev–Trinajstić information content (AvgIpc) is 2.45. The van der Waals surface area contributed by atoms with Crippen molar-refractivity contribution in [3.8, 4) is 0 Å². The Morgan fingerprint density at radius 1 is 1.38 bits per heavy atom. The van der Waals surface area contributed by atoms with Gasteiger partial charge >= 0.3 is 0 Å². The van der Waals surface area contributed by atoms with Crippen LogP contribution < -0.4 is 11.1 Å². The summed E-state index contributed by atoms with van der Waals surface area (Å²) in [5.41, 5.74) is 9.29. The first-order chi connectivity index (χ1) is 9.97. The molecule has 1 aromatic carbocycles. The molecule has 0 saturated heterocycles. The second kappa shape index (κ2) is 6.61. The molecular weight excluding hydrogens is 260 g/mol. The minimum Gasteiger partial charge on any atom is -0.349 e. The van der Waals surface area contributed by atoms with Gasteiger partial charge in [-0.1, -0.05) is 43.5 Å². The van der Waals surface area contributed by atoms with E-state index in [2.05, 4.69) is 44.3 Å². The van der Waals surface area contributed by atoms with Gasteiger partial charge < -0.3 is 11.1 Å². The monoisotopic (exact) mass is 288 g/mol. The molecule has 0 radical (unpaired) electrons. The van der Waals surface area contributed by atoms with E-state index in [0.29, 0.717) is 18.9 Å². The summed E-state index contributed by atoms with van der Waals surface area (Å²) >= 11 is 0. The van der Waals surface area contributed by atoms with Crippen molar-refractivity contribution in [1.29, 1.82) is 0 Å². The summed E-state index contributed by atoms with van der Waals surface area (Å²) in [5, 5.41) is 3.26. The van der Waals surface area contributed by atoms with Gasteiger partial charge in [0.15, 0.2) is 0 Å². The summed E-state index contributed by atoms with van der Waals surface area (Å²) in [7, 11) is 0. The number of carbonyl (C=O) groups is 1. The van der Waals surface area contributed by atoms with Crippen molar-refractivity contribution in [2.75, 3.05) is 6.54 Å². The van der Waals surface area contributed by atoms with Gasteiger partial charge in [-0.15, -0.1) is 0 Å². The lowest BCUT2D eigenvalue weighted by atomic mass is 9.73. The summed E-state index contributed by atoms with van der Waals surface area (Å²) in [5.74, 6) is 0.557. The van der Waals surface area contributed by atoms with Crippen molar-refractivity contribution in [2.24, 2.45) is 11.7 Å². The van der Waals surface area contributed by atoms with Crippen molar-refractivity contribution < 1.29 is 4.79 Å². The molecule has 1 aromatic rings. The van der Waals surface area contributed by atoms with E-state index in [-0.39, 0.29) is 11.4 Å². The first-order valence-electron chi connectivity index (χ1n) is 8.04. The molecule has 0 spiro atoms. The van der Waals surface area contributed by atoms with Crippen LogP contribution in [-0.4, -0.2) is 18.0 Å². The zero-order chi connectivity index (χ0) is 15.5. The van der Waals surface area contributed by atoms with Crippen LogP contribution >= 0.6 is 0 Å². The van der Waals surface area contributed by atoms with E-state index in [0.717, 1.165) is 24.8 Å². The van der Waals surface area contributed by atoms with Crippen LogP contribution in [0.4, 0.5) is 0 Å². The van der Waals surface area contributed by atoms with Gasteiger partial charge in [-0.2, -0.15) is 0 Å². The lowest BCUT2D eigenvalue weighted by molar-refractivity contribution is -0.123. The number of carbonyl (C=O) groups excluding carboxylic acids is 1. The van der Waals surface area contributed by atoms with Crippen LogP contribution in [-0.2, 0) is 11.2 Å². The highest BCUT2D eigenvalue weighted by molar-refractivity contribution is 5.80. The predicted octanol–water partition coefficient (Wildman–Crippen LogP) is 2.87. The van der Waals surface area contributed by atoms with Crippen LogP contribution in [0.5, 0.6) is 0 Å². The van der Waals surface area contributed by atoms with E-state index in [9.17, 15) is 4.79 Å². The smallest absolute Gasteiger partial charge is 0.224 e. The molecule has 0 aromatic heterocycles. The SMILES string of the molecule is Cc1ccc(C)c(CC(=O)NC2(CN)CCCCC2C)c1. The zero-order valence-corrected chi connectivity index (χ0v) is 13.5. The largest absolute Gasteiger partial charge is 0.349 e. The van der Waals surface area contributed by atoms with Gasteiger partial charge in [-0.05, 0) is 43.7 Å². The molecular formula is C18H28N2O. The Bertz CT molecular complexity index is 512. The fourth-order valence-corrected chi connectivity index (χ4v) is 3.44. The Kier molecular flexibility index (Phi) is 5.04. The third-order valence-corrected chi connectivity index (χ3v) is 5.06. The zero-order valence-electron chi connectivity index (χ0n) is 13.5. The topological polar surface area (TPSA) is 55.1 Å². The van der Waals surface area contributed by atoms with Crippen LogP contribution in [0.1, 0.15) is 49.3 Å². The van der Waals surface area contributed by atoms with Crippen molar-refractivity contribution in [3.63, 3.8) is 0 Å². The summed E-state index contributed by atoms with van der Waals surface area (Å²) in [6, 6.07) is 6.27. The van der Waals surface area contributed by atoms with Gasteiger partial charge in [0.2, 0.25) is 5.91 Å². The van der Waals surface area contributed by atoms with Gasteiger partial charge in [0, 0.05) is 6.54 Å². The minimum absolute atomic E-state index is 0.0999. The standard InChI is InChI=1S/C18H28N2O/c1-13-7-8-14(2)16(10-13)11-17(21)20-18(12-19)9-5-4-6-15(18)3/h7-8,10,15H,4-6,9,11-12,19H2,1-3H3,(H,20,21). The van der Waals surface area contributed by atoms with Gasteiger partial charge in [-0.25, -0.2) is 0 Å². The molecule has 116 valence electrons. The first-order valence-corrected chi connectivity index (χ1v) is 8.04. The molecule has 21 heavy (non-hydrogen) atoms. The number of aryl methyl sites for hydroxylation is 2. The number of nitrogens with two attached hydrogens (primary N) is 1. The fraction of sp³-hybridized carbons (Fsp3) is 0.611. The van der Waals surface area contributed by atoms with Crippen molar-refractivity contribution in [2.45, 2.75) is 58.4 Å². The average molecular weight is 288 g/mol. The van der Waals surface area contributed by atoms with Crippen LogP contribution in [0.2, 0.25) is 0 Å². The van der Waals surface area contributed by atoms with E-state index >= 15 is 0 Å². The fourth-order valence-electron chi connectivity index (χ4n) is 3.44. The Hall–Kier alpha value is -1.35. The molecule has 3 nitrogen and oxygen atoms in total. The Morgan fingerprint density at radius 3 is 2.81 bits per heavy atom. The van der Waals surface area contributed by atoms with E-state index < -0.39 is 0 Å². The normalized spacial score (nSPS) is 25.6. The van der Waals surface area contributed by atoms with Gasteiger partial charge in [-0.3, -0.25) is 4.79 Å². The highest BCUT2D eigenvalue weighted by Gasteiger charge is 2.38. The summed E-state index contributed by atoms with van der Waals surface area (Å²) < 4.78 is 0. The number of rotatable bonds is 4. The van der Waals surface area contributed by atoms with E-state index in [1.807, 2.05) is 0 Å². The molecule has 0 aliphatic heterocycles. The molecule has 2 atom stereocenters. The van der Waals surface area contributed by atoms with E-state index in [4.69, 9.17) is 5.73 Å². The quantitative estimate of drug-likeness (QED) is 0.895. The molecule has 1 aliphatic rings. The Morgan fingerprint density at radius 2 is 2.14 bits per heavy atom. The van der Waals surface area contributed by atoms with Gasteiger partial charge in [0.25, 0.3) is 0 Å². The molecule has 1 amide bonds. The van der Waals surface area contributed by atoms with Crippen molar-refractivity contribution in [3.05, 3.63) is 34.9 Å². The van der Waals surface area contributed by atoms with Crippen LogP contribution in [0.25, 0.3) is 0 Å². The third-order valence-electron chi connectivity index (χ3n) is 5.06. The molecule has 3 N–H and O–H groups in total. The molecule has 2 rings (SSSR count). The second-order valence-corrected chi connectivity index (χ2v) is 6.66. The maximum absolute atomic E-state index is 12.5. The lowest BCUT2D eigenvalue weighted by Gasteiger charge is -2.42. The molecule has 1 fully saturated rings. The van der Waals surface area contributed by atoms with Crippen LogP contribution in [0.3, 0.4) is 0 Å². The predicted molar refractivity (Wildman–Crippen MR) is 87.2 cm³/mol. The second-order valence-electron chi connectivity index (χ2n) is 6.66. The van der Waals surface area contributed by atoms with Crippen molar-refractivity contribution in [1.82, 2.24) is 5.32 Å². The molecule has 1 aliphatic carbocycles. The Balaban J connectivity index is 2.08. The van der Waals surface area contributed by atoms with Gasteiger partial charge in [0.05, 0.1) is 12.0 Å². The number of benzene rings is 1. The maximum atomic E-state index is 12.5. The summed E-state index contributed by atoms with van der Waals surface area (Å²) in [6.45, 7) is 6.87. The van der Waals surface area contributed by atoms with E-state index in [1.165, 1.54) is 17.5 Å². The summed E-state index contributed by atoms with van der Waals surface area (Å²) in [4.78, 5) is 12.5. The van der Waals surface area contributed by atoms with E-state index in [1.54, 1.807) is 0 Å². The maximum Gasteiger partial charge on any atom is 0.224 e. The van der Waals surface area contributed by atoms with Gasteiger partial charge in [0.1, 0.15) is 0 Å². The molecule has 1 saturated carbocycles.